The number of nitrogens with one attached hydrogen (secondary N) is 1. The van der Waals surface area contributed by atoms with E-state index < -0.39 is 11.2 Å². The first-order chi connectivity index (χ1) is 9.63. The van der Waals surface area contributed by atoms with E-state index in [2.05, 4.69) is 22.1 Å². The second kappa shape index (κ2) is 6.90. The Morgan fingerprint density at radius 2 is 2.30 bits per heavy atom. The molecule has 0 aliphatic carbocycles. The van der Waals surface area contributed by atoms with Gasteiger partial charge in [0.15, 0.2) is 5.16 Å². The molecule has 1 aromatic rings. The number of hydrogen-bond donors (Lipinski definition) is 2. The number of carbonyl (C=O) groups is 1. The van der Waals surface area contributed by atoms with Gasteiger partial charge in [0.25, 0.3) is 0 Å². The van der Waals surface area contributed by atoms with Crippen molar-refractivity contribution >= 4 is 17.7 Å². The lowest BCUT2D eigenvalue weighted by atomic mass is 9.97. The number of aliphatic carboxylic acids is 1. The minimum absolute atomic E-state index is 0.387. The molecule has 0 saturated carbocycles. The third-order valence-corrected chi connectivity index (χ3v) is 4.46. The molecule has 1 aliphatic heterocycles. The van der Waals surface area contributed by atoms with Crippen molar-refractivity contribution in [3.05, 3.63) is 18.5 Å². The lowest BCUT2D eigenvalue weighted by Gasteiger charge is -2.22. The number of piperidine rings is 1. The molecular weight excluding hydrogens is 276 g/mol. The predicted molar refractivity (Wildman–Crippen MR) is 78.0 cm³/mol. The Labute approximate surface area is 122 Å². The van der Waals surface area contributed by atoms with Crippen molar-refractivity contribution in [1.29, 1.82) is 0 Å². The maximum absolute atomic E-state index is 11.0. The molecule has 1 aliphatic rings. The average Bonchev–Trinajstić information content (AvgIpc) is 2.83. The van der Waals surface area contributed by atoms with E-state index in [1.54, 1.807) is 13.0 Å². The smallest absolute Gasteiger partial charge is 0.316 e. The maximum atomic E-state index is 11.0. The molecule has 0 unspecified atom stereocenters. The summed E-state index contributed by atoms with van der Waals surface area (Å²) in [6.07, 6.45) is 3.87. The second-order valence-corrected chi connectivity index (χ2v) is 6.17. The summed E-state index contributed by atoms with van der Waals surface area (Å²) in [5.74, 6) is 0.497. The summed E-state index contributed by atoms with van der Waals surface area (Å²) in [5.41, 5.74) is 0. The van der Waals surface area contributed by atoms with Gasteiger partial charge in [0.05, 0.1) is 0 Å². The van der Waals surface area contributed by atoms with Gasteiger partial charge in [0.2, 0.25) is 0 Å². The number of thioether (sulfide) groups is 1. The molecule has 2 rings (SSSR count). The zero-order valence-electron chi connectivity index (χ0n) is 11.6. The molecule has 0 bridgehead atoms. The number of aromatic nitrogens is 3. The van der Waals surface area contributed by atoms with Gasteiger partial charge < -0.3 is 15.0 Å². The van der Waals surface area contributed by atoms with Crippen LogP contribution in [0.3, 0.4) is 0 Å². The van der Waals surface area contributed by atoms with Crippen LogP contribution in [0.25, 0.3) is 0 Å². The lowest BCUT2D eigenvalue weighted by Crippen LogP contribution is -2.28. The number of carboxylic acid groups (broad SMARTS) is 1. The van der Waals surface area contributed by atoms with Crippen LogP contribution in [0, 0.1) is 0 Å². The minimum Gasteiger partial charge on any atom is -0.480 e. The normalized spacial score (nSPS) is 17.9. The third-order valence-electron chi connectivity index (χ3n) is 3.39. The Morgan fingerprint density at radius 1 is 1.60 bits per heavy atom. The number of nitrogens with zero attached hydrogens (tertiary/aromatic N) is 3. The van der Waals surface area contributed by atoms with Crippen LogP contribution in [0.2, 0.25) is 0 Å². The Kier molecular flexibility index (Phi) is 5.19. The predicted octanol–water partition coefficient (Wildman–Crippen LogP) is 1.50. The van der Waals surface area contributed by atoms with Gasteiger partial charge in [-0.25, -0.2) is 0 Å². The summed E-state index contributed by atoms with van der Waals surface area (Å²) < 4.78 is 1.99. The van der Waals surface area contributed by atoms with E-state index in [1.165, 1.54) is 11.8 Å². The Balaban J connectivity index is 2.21. The van der Waals surface area contributed by atoms with Crippen LogP contribution in [0.5, 0.6) is 0 Å². The molecule has 7 heteroatoms. The molecule has 1 aromatic heterocycles. The monoisotopic (exact) mass is 296 g/mol. The zero-order valence-corrected chi connectivity index (χ0v) is 12.4. The first kappa shape index (κ1) is 15.1. The fourth-order valence-electron chi connectivity index (χ4n) is 2.28. The van der Waals surface area contributed by atoms with Crippen LogP contribution in [-0.2, 0) is 11.3 Å². The molecule has 2 heterocycles. The van der Waals surface area contributed by atoms with E-state index in [0.717, 1.165) is 31.8 Å². The van der Waals surface area contributed by atoms with E-state index in [9.17, 15) is 4.79 Å². The standard InChI is InChI=1S/C13H20N4O2S/c1-3-8-17-11(10-4-6-14-7-5-10)15-16-13(17)20-9(2)12(18)19/h3,9-10,14H,1,4-8H2,2H3,(H,18,19)/t9-/m1/s1. The quantitative estimate of drug-likeness (QED) is 0.611. The van der Waals surface area contributed by atoms with Gasteiger partial charge >= 0.3 is 5.97 Å². The summed E-state index contributed by atoms with van der Waals surface area (Å²) in [7, 11) is 0. The van der Waals surface area contributed by atoms with Crippen LogP contribution < -0.4 is 5.32 Å². The Bertz CT molecular complexity index is 483. The first-order valence-electron chi connectivity index (χ1n) is 6.77. The van der Waals surface area contributed by atoms with Gasteiger partial charge in [-0.05, 0) is 32.9 Å². The molecule has 1 atom stereocenters. The molecule has 0 spiro atoms. The molecule has 110 valence electrons. The topological polar surface area (TPSA) is 80.0 Å². The van der Waals surface area contributed by atoms with Crippen molar-refractivity contribution in [1.82, 2.24) is 20.1 Å². The van der Waals surface area contributed by atoms with E-state index in [0.29, 0.717) is 17.6 Å². The molecule has 0 amide bonds. The molecule has 1 saturated heterocycles. The second-order valence-electron chi connectivity index (χ2n) is 4.86. The van der Waals surface area contributed by atoms with Crippen molar-refractivity contribution in [3.8, 4) is 0 Å². The van der Waals surface area contributed by atoms with Crippen LogP contribution in [0.1, 0.15) is 31.5 Å². The summed E-state index contributed by atoms with van der Waals surface area (Å²) in [6, 6.07) is 0. The summed E-state index contributed by atoms with van der Waals surface area (Å²) in [6.45, 7) is 8.00. The summed E-state index contributed by atoms with van der Waals surface area (Å²) >= 11 is 1.23. The zero-order chi connectivity index (χ0) is 14.5. The van der Waals surface area contributed by atoms with Crippen molar-refractivity contribution in [2.24, 2.45) is 0 Å². The van der Waals surface area contributed by atoms with Crippen LogP contribution in [0.15, 0.2) is 17.8 Å². The van der Waals surface area contributed by atoms with E-state index in [-0.39, 0.29) is 0 Å². The van der Waals surface area contributed by atoms with Crippen LogP contribution in [-0.4, -0.2) is 44.2 Å². The highest BCUT2D eigenvalue weighted by Crippen LogP contribution is 2.29. The largest absolute Gasteiger partial charge is 0.480 e. The molecule has 1 fully saturated rings. The lowest BCUT2D eigenvalue weighted by molar-refractivity contribution is -0.136. The molecule has 20 heavy (non-hydrogen) atoms. The molecule has 6 nitrogen and oxygen atoms in total. The van der Waals surface area contributed by atoms with Gasteiger partial charge in [-0.3, -0.25) is 4.79 Å². The number of allylic oxidation sites excluding steroid dienone is 1. The Hall–Kier alpha value is -1.34. The molecule has 2 N–H and O–H groups in total. The van der Waals surface area contributed by atoms with Gasteiger partial charge in [-0.15, -0.1) is 16.8 Å². The highest BCUT2D eigenvalue weighted by atomic mass is 32.2. The summed E-state index contributed by atoms with van der Waals surface area (Å²) in [5, 5.41) is 20.9. The Morgan fingerprint density at radius 3 is 2.90 bits per heavy atom. The minimum atomic E-state index is -0.841. The van der Waals surface area contributed by atoms with Crippen molar-refractivity contribution in [3.63, 3.8) is 0 Å². The van der Waals surface area contributed by atoms with Gasteiger partial charge in [-0.2, -0.15) is 0 Å². The first-order valence-corrected chi connectivity index (χ1v) is 7.65. The number of rotatable bonds is 6. The van der Waals surface area contributed by atoms with E-state index >= 15 is 0 Å². The van der Waals surface area contributed by atoms with Crippen molar-refractivity contribution < 1.29 is 9.90 Å². The van der Waals surface area contributed by atoms with E-state index in [1.807, 2.05) is 4.57 Å². The third kappa shape index (κ3) is 3.40. The van der Waals surface area contributed by atoms with E-state index in [4.69, 9.17) is 5.11 Å². The van der Waals surface area contributed by atoms with Crippen LogP contribution >= 0.6 is 11.8 Å². The highest BCUT2D eigenvalue weighted by molar-refractivity contribution is 8.00. The fraction of sp³-hybridized carbons (Fsp3) is 0.615. The number of hydrogen-bond acceptors (Lipinski definition) is 5. The molecule has 0 radical (unpaired) electrons. The van der Waals surface area contributed by atoms with Crippen molar-refractivity contribution in [2.45, 2.75) is 42.6 Å². The maximum Gasteiger partial charge on any atom is 0.316 e. The average molecular weight is 296 g/mol. The number of carboxylic acids is 1. The molecule has 0 aromatic carbocycles. The van der Waals surface area contributed by atoms with Gasteiger partial charge in [0, 0.05) is 12.5 Å². The van der Waals surface area contributed by atoms with Gasteiger partial charge in [-0.1, -0.05) is 17.8 Å². The SMILES string of the molecule is C=CCn1c(S[C@H](C)C(=O)O)nnc1C1CCNCC1. The van der Waals surface area contributed by atoms with Crippen LogP contribution in [0.4, 0.5) is 0 Å². The van der Waals surface area contributed by atoms with Gasteiger partial charge in [0.1, 0.15) is 11.1 Å². The molecular formula is C13H20N4O2S. The fourth-order valence-corrected chi connectivity index (χ4v) is 3.08. The summed E-state index contributed by atoms with van der Waals surface area (Å²) in [4.78, 5) is 11.0. The van der Waals surface area contributed by atoms with Crippen molar-refractivity contribution in [2.75, 3.05) is 13.1 Å². The highest BCUT2D eigenvalue weighted by Gasteiger charge is 2.24.